The second kappa shape index (κ2) is 7.07. The Morgan fingerprint density at radius 1 is 1.33 bits per heavy atom. The monoisotopic (exact) mass is 313 g/mol. The van der Waals surface area contributed by atoms with Gasteiger partial charge in [-0.3, -0.25) is 4.90 Å². The molecule has 100 valence electrons. The third-order valence-electron chi connectivity index (χ3n) is 3.21. The van der Waals surface area contributed by atoms with E-state index >= 15 is 0 Å². The lowest BCUT2D eigenvalue weighted by molar-refractivity contribution is 0.180. The van der Waals surface area contributed by atoms with Gasteiger partial charge in [-0.1, -0.05) is 6.42 Å². The highest BCUT2D eigenvalue weighted by Crippen LogP contribution is 2.19. The minimum absolute atomic E-state index is 0.450. The van der Waals surface area contributed by atoms with Crippen LogP contribution in [-0.4, -0.2) is 36.1 Å². The first kappa shape index (κ1) is 13.8. The van der Waals surface area contributed by atoms with Gasteiger partial charge in [-0.15, -0.1) is 0 Å². The van der Waals surface area contributed by atoms with E-state index in [1.54, 1.807) is 6.20 Å². The van der Waals surface area contributed by atoms with Crippen molar-refractivity contribution in [2.75, 3.05) is 26.2 Å². The average Bonchev–Trinajstić information content (AvgIpc) is 2.41. The number of nitrogens with zero attached hydrogens (tertiary/aromatic N) is 2. The zero-order chi connectivity index (χ0) is 12.8. The van der Waals surface area contributed by atoms with Crippen LogP contribution in [-0.2, 0) is 6.54 Å². The second-order valence-electron chi connectivity index (χ2n) is 4.57. The molecule has 0 unspecified atom stereocenters. The number of aromatic nitrogens is 1. The van der Waals surface area contributed by atoms with E-state index in [9.17, 15) is 0 Å². The molecule has 0 aliphatic carbocycles. The number of rotatable bonds is 5. The van der Waals surface area contributed by atoms with Gasteiger partial charge in [0, 0.05) is 29.3 Å². The minimum Gasteiger partial charge on any atom is -0.476 e. The first-order valence-corrected chi connectivity index (χ1v) is 7.28. The van der Waals surface area contributed by atoms with Crippen molar-refractivity contribution in [3.63, 3.8) is 0 Å². The standard InChI is InChI=1S/C13H20BrN3O/c14-12-8-11(9-15)13(16-10-12)18-7-6-17-4-2-1-3-5-17/h8,10H,1-7,9,15H2. The molecule has 1 aromatic heterocycles. The molecule has 0 aromatic carbocycles. The highest BCUT2D eigenvalue weighted by atomic mass is 79.9. The lowest BCUT2D eigenvalue weighted by Gasteiger charge is -2.26. The summed E-state index contributed by atoms with van der Waals surface area (Å²) in [4.78, 5) is 6.71. The van der Waals surface area contributed by atoms with Crippen molar-refractivity contribution < 1.29 is 4.74 Å². The Kier molecular flexibility index (Phi) is 5.41. The van der Waals surface area contributed by atoms with Gasteiger partial charge in [-0.2, -0.15) is 0 Å². The molecule has 18 heavy (non-hydrogen) atoms. The van der Waals surface area contributed by atoms with Crippen LogP contribution in [0.3, 0.4) is 0 Å². The average molecular weight is 314 g/mol. The Bertz CT molecular complexity index is 380. The summed E-state index contributed by atoms with van der Waals surface area (Å²) in [5, 5.41) is 0. The van der Waals surface area contributed by atoms with Crippen molar-refractivity contribution in [3.8, 4) is 5.88 Å². The molecule has 2 N–H and O–H groups in total. The molecule has 0 radical (unpaired) electrons. The quantitative estimate of drug-likeness (QED) is 0.905. The molecule has 0 atom stereocenters. The lowest BCUT2D eigenvalue weighted by atomic mass is 10.1. The van der Waals surface area contributed by atoms with Crippen molar-refractivity contribution in [2.45, 2.75) is 25.8 Å². The number of ether oxygens (including phenoxy) is 1. The molecule has 1 saturated heterocycles. The van der Waals surface area contributed by atoms with Crippen LogP contribution in [0.25, 0.3) is 0 Å². The normalized spacial score (nSPS) is 16.8. The molecule has 1 aromatic rings. The predicted octanol–water partition coefficient (Wildman–Crippen LogP) is 2.17. The maximum absolute atomic E-state index is 5.73. The number of nitrogens with two attached hydrogens (primary N) is 1. The summed E-state index contributed by atoms with van der Waals surface area (Å²) in [6.45, 7) is 4.50. The van der Waals surface area contributed by atoms with Crippen LogP contribution in [0.15, 0.2) is 16.7 Å². The maximum atomic E-state index is 5.73. The van der Waals surface area contributed by atoms with E-state index in [-0.39, 0.29) is 0 Å². The fourth-order valence-electron chi connectivity index (χ4n) is 2.20. The van der Waals surface area contributed by atoms with Crippen LogP contribution in [0.2, 0.25) is 0 Å². The van der Waals surface area contributed by atoms with Crippen molar-refractivity contribution in [1.29, 1.82) is 0 Å². The summed E-state index contributed by atoms with van der Waals surface area (Å²) in [5.41, 5.74) is 6.63. The van der Waals surface area contributed by atoms with Crippen LogP contribution in [0, 0.1) is 0 Å². The van der Waals surface area contributed by atoms with Crippen LogP contribution in [0.1, 0.15) is 24.8 Å². The van der Waals surface area contributed by atoms with Crippen LogP contribution >= 0.6 is 15.9 Å². The number of hydrogen-bond donors (Lipinski definition) is 1. The fraction of sp³-hybridized carbons (Fsp3) is 0.615. The molecule has 1 aliphatic heterocycles. The molecule has 1 aliphatic rings. The van der Waals surface area contributed by atoms with Crippen molar-refractivity contribution in [1.82, 2.24) is 9.88 Å². The Labute approximate surface area is 117 Å². The molecule has 1 fully saturated rings. The molecular weight excluding hydrogens is 294 g/mol. The van der Waals surface area contributed by atoms with Gasteiger partial charge in [0.15, 0.2) is 0 Å². The van der Waals surface area contributed by atoms with Crippen molar-refractivity contribution in [2.24, 2.45) is 5.73 Å². The van der Waals surface area contributed by atoms with Crippen molar-refractivity contribution >= 4 is 15.9 Å². The number of halogens is 1. The number of piperidine rings is 1. The minimum atomic E-state index is 0.450. The zero-order valence-corrected chi connectivity index (χ0v) is 12.2. The third kappa shape index (κ3) is 3.93. The smallest absolute Gasteiger partial charge is 0.217 e. The van der Waals surface area contributed by atoms with Gasteiger partial charge in [-0.25, -0.2) is 4.98 Å². The van der Waals surface area contributed by atoms with E-state index in [0.29, 0.717) is 19.0 Å². The summed E-state index contributed by atoms with van der Waals surface area (Å²) in [6.07, 6.45) is 5.73. The highest BCUT2D eigenvalue weighted by Gasteiger charge is 2.10. The molecule has 0 saturated carbocycles. The Morgan fingerprint density at radius 3 is 2.83 bits per heavy atom. The van der Waals surface area contributed by atoms with E-state index in [2.05, 4.69) is 25.8 Å². The van der Waals surface area contributed by atoms with Gasteiger partial charge in [0.1, 0.15) is 6.61 Å². The number of pyridine rings is 1. The van der Waals surface area contributed by atoms with Crippen molar-refractivity contribution in [3.05, 3.63) is 22.3 Å². The summed E-state index contributed by atoms with van der Waals surface area (Å²) in [5.74, 6) is 0.665. The summed E-state index contributed by atoms with van der Waals surface area (Å²) in [7, 11) is 0. The van der Waals surface area contributed by atoms with Gasteiger partial charge in [0.25, 0.3) is 0 Å². The second-order valence-corrected chi connectivity index (χ2v) is 5.49. The van der Waals surface area contributed by atoms with Crippen LogP contribution < -0.4 is 10.5 Å². The van der Waals surface area contributed by atoms with Gasteiger partial charge in [0.2, 0.25) is 5.88 Å². The lowest BCUT2D eigenvalue weighted by Crippen LogP contribution is -2.33. The van der Waals surface area contributed by atoms with Crippen LogP contribution in [0.4, 0.5) is 0 Å². The Morgan fingerprint density at radius 2 is 2.11 bits per heavy atom. The van der Waals surface area contributed by atoms with Gasteiger partial charge < -0.3 is 10.5 Å². The predicted molar refractivity (Wildman–Crippen MR) is 75.6 cm³/mol. The maximum Gasteiger partial charge on any atom is 0.217 e. The van der Waals surface area contributed by atoms with Gasteiger partial charge in [-0.05, 0) is 47.9 Å². The topological polar surface area (TPSA) is 51.4 Å². The Balaban J connectivity index is 1.82. The van der Waals surface area contributed by atoms with E-state index < -0.39 is 0 Å². The van der Waals surface area contributed by atoms with Gasteiger partial charge in [0.05, 0.1) is 0 Å². The van der Waals surface area contributed by atoms with E-state index in [0.717, 1.165) is 16.6 Å². The van der Waals surface area contributed by atoms with E-state index in [1.807, 2.05) is 6.07 Å². The molecular formula is C13H20BrN3O. The molecule has 5 heteroatoms. The number of likely N-dealkylation sites (tertiary alicyclic amines) is 1. The van der Waals surface area contributed by atoms with E-state index in [4.69, 9.17) is 10.5 Å². The summed E-state index contributed by atoms with van der Waals surface area (Å²) >= 11 is 3.39. The Hall–Kier alpha value is -0.650. The molecule has 2 heterocycles. The van der Waals surface area contributed by atoms with Crippen LogP contribution in [0.5, 0.6) is 5.88 Å². The first-order valence-electron chi connectivity index (χ1n) is 6.49. The fourth-order valence-corrected chi connectivity index (χ4v) is 2.58. The molecule has 0 spiro atoms. The third-order valence-corrected chi connectivity index (χ3v) is 3.64. The zero-order valence-electron chi connectivity index (χ0n) is 10.6. The SMILES string of the molecule is NCc1cc(Br)cnc1OCCN1CCCCC1. The number of hydrogen-bond acceptors (Lipinski definition) is 4. The molecule has 0 amide bonds. The summed E-state index contributed by atoms with van der Waals surface area (Å²) < 4.78 is 6.67. The first-order chi connectivity index (χ1) is 8.79. The molecule has 0 bridgehead atoms. The highest BCUT2D eigenvalue weighted by molar-refractivity contribution is 9.10. The summed E-state index contributed by atoms with van der Waals surface area (Å²) in [6, 6.07) is 1.96. The van der Waals surface area contributed by atoms with Gasteiger partial charge >= 0.3 is 0 Å². The van der Waals surface area contributed by atoms with E-state index in [1.165, 1.54) is 32.4 Å². The largest absolute Gasteiger partial charge is 0.476 e. The molecule has 2 rings (SSSR count). The molecule has 4 nitrogen and oxygen atoms in total.